The largest absolute Gasteiger partial charge is 0.486 e. The van der Waals surface area contributed by atoms with E-state index in [-0.39, 0.29) is 21.5 Å². The van der Waals surface area contributed by atoms with E-state index in [1.807, 2.05) is 24.3 Å². The fraction of sp³-hybridized carbons (Fsp3) is 0.308. The van der Waals surface area contributed by atoms with Crippen LogP contribution in [-0.4, -0.2) is 47.3 Å². The molecule has 1 aliphatic heterocycles. The van der Waals surface area contributed by atoms with E-state index in [1.165, 1.54) is 4.90 Å². The number of carbonyl (C=O) groups is 1. The van der Waals surface area contributed by atoms with Gasteiger partial charge >= 0.3 is 0 Å². The molecule has 2 heterocycles. The van der Waals surface area contributed by atoms with Gasteiger partial charge in [0, 0.05) is 7.05 Å². The summed E-state index contributed by atoms with van der Waals surface area (Å²) in [5, 5.41) is 7.63. The van der Waals surface area contributed by atoms with Gasteiger partial charge in [-0.25, -0.2) is 0 Å². The van der Waals surface area contributed by atoms with E-state index >= 15 is 0 Å². The maximum atomic E-state index is 12.2. The van der Waals surface area contributed by atoms with E-state index < -0.39 is 0 Å². The van der Waals surface area contributed by atoms with Crippen LogP contribution in [0.15, 0.2) is 24.3 Å². The highest BCUT2D eigenvalue weighted by atomic mass is 35.5. The summed E-state index contributed by atoms with van der Waals surface area (Å²) in [6.45, 7) is 0.788. The third-order valence-corrected chi connectivity index (χ3v) is 3.98. The molecular weight excluding hydrogens is 314 g/mol. The van der Waals surface area contributed by atoms with Crippen LogP contribution < -0.4 is 9.47 Å². The number of hydrogen-bond acceptors (Lipinski definition) is 6. The predicted octanol–water partition coefficient (Wildman–Crippen LogP) is 2.10. The molecule has 1 aliphatic rings. The summed E-state index contributed by atoms with van der Waals surface area (Å²) in [5.41, 5.74) is 0. The maximum Gasteiger partial charge on any atom is 0.284 e. The number of fused-ring (bicyclic) bond motifs is 1. The van der Waals surface area contributed by atoms with Crippen LogP contribution in [0, 0.1) is 0 Å². The van der Waals surface area contributed by atoms with Crippen molar-refractivity contribution in [2.24, 2.45) is 0 Å². The molecule has 0 saturated heterocycles. The van der Waals surface area contributed by atoms with E-state index in [4.69, 9.17) is 21.1 Å². The van der Waals surface area contributed by atoms with Crippen LogP contribution in [0.2, 0.25) is 4.47 Å². The number of carbonyl (C=O) groups excluding carboxylic acids is 1. The minimum absolute atomic E-state index is 0.225. The zero-order valence-electron chi connectivity index (χ0n) is 11.2. The predicted molar refractivity (Wildman–Crippen MR) is 78.2 cm³/mol. The molecule has 0 radical (unpaired) electrons. The summed E-state index contributed by atoms with van der Waals surface area (Å²) < 4.78 is 11.7. The second-order valence-electron chi connectivity index (χ2n) is 4.54. The molecule has 3 rings (SSSR count). The molecule has 8 heteroatoms. The Morgan fingerprint density at radius 2 is 2.19 bits per heavy atom. The van der Waals surface area contributed by atoms with Gasteiger partial charge in [-0.1, -0.05) is 23.5 Å². The summed E-state index contributed by atoms with van der Waals surface area (Å²) in [6, 6.07) is 7.46. The minimum atomic E-state index is -0.234. The Balaban J connectivity index is 1.63. The Bertz CT molecular complexity index is 664. The molecule has 6 nitrogen and oxygen atoms in total. The van der Waals surface area contributed by atoms with Crippen LogP contribution in [-0.2, 0) is 0 Å². The Morgan fingerprint density at radius 1 is 1.43 bits per heavy atom. The quantitative estimate of drug-likeness (QED) is 0.864. The first-order chi connectivity index (χ1) is 10.1. The molecule has 2 aromatic rings. The van der Waals surface area contributed by atoms with Gasteiger partial charge in [0.2, 0.25) is 9.47 Å². The summed E-state index contributed by atoms with van der Waals surface area (Å²) in [4.78, 5) is 13.7. The van der Waals surface area contributed by atoms with Crippen molar-refractivity contribution < 1.29 is 14.3 Å². The van der Waals surface area contributed by atoms with Gasteiger partial charge in [-0.3, -0.25) is 4.79 Å². The molecule has 0 aliphatic carbocycles. The van der Waals surface area contributed by atoms with Crippen LogP contribution >= 0.6 is 22.9 Å². The van der Waals surface area contributed by atoms with Crippen LogP contribution in [0.4, 0.5) is 0 Å². The summed E-state index contributed by atoms with van der Waals surface area (Å²) in [7, 11) is 1.68. The molecule has 0 bridgehead atoms. The van der Waals surface area contributed by atoms with Crippen LogP contribution in [0.5, 0.6) is 11.5 Å². The van der Waals surface area contributed by atoms with Gasteiger partial charge in [-0.05, 0) is 23.7 Å². The highest BCUT2D eigenvalue weighted by molar-refractivity contribution is 7.17. The van der Waals surface area contributed by atoms with Crippen molar-refractivity contribution in [3.63, 3.8) is 0 Å². The van der Waals surface area contributed by atoms with Gasteiger partial charge < -0.3 is 14.4 Å². The molecule has 1 amide bonds. The van der Waals surface area contributed by atoms with E-state index in [0.717, 1.165) is 17.1 Å². The van der Waals surface area contributed by atoms with Crippen molar-refractivity contribution in [2.45, 2.75) is 6.10 Å². The lowest BCUT2D eigenvalue weighted by Gasteiger charge is -2.29. The van der Waals surface area contributed by atoms with Crippen molar-refractivity contribution in [2.75, 3.05) is 20.2 Å². The monoisotopic (exact) mass is 325 g/mol. The van der Waals surface area contributed by atoms with Crippen LogP contribution in [0.3, 0.4) is 0 Å². The van der Waals surface area contributed by atoms with Gasteiger partial charge in [-0.2, -0.15) is 0 Å². The van der Waals surface area contributed by atoms with E-state index in [0.29, 0.717) is 18.9 Å². The number of ether oxygens (including phenoxy) is 2. The summed E-state index contributed by atoms with van der Waals surface area (Å²) in [6.07, 6.45) is -0.225. The molecule has 0 saturated carbocycles. The molecular formula is C13H12ClN3O3S. The van der Waals surface area contributed by atoms with E-state index in [9.17, 15) is 4.79 Å². The number of para-hydroxylation sites is 2. The number of aromatic nitrogens is 2. The number of amides is 1. The molecule has 21 heavy (non-hydrogen) atoms. The maximum absolute atomic E-state index is 12.2. The number of hydrogen-bond donors (Lipinski definition) is 0. The molecule has 0 N–H and O–H groups in total. The van der Waals surface area contributed by atoms with Gasteiger partial charge in [0.25, 0.3) is 5.91 Å². The van der Waals surface area contributed by atoms with Crippen LogP contribution in [0.25, 0.3) is 0 Å². The number of rotatable bonds is 3. The molecule has 1 aromatic heterocycles. The fourth-order valence-corrected chi connectivity index (χ4v) is 2.82. The fourth-order valence-electron chi connectivity index (χ4n) is 2.00. The highest BCUT2D eigenvalue weighted by Gasteiger charge is 2.25. The van der Waals surface area contributed by atoms with Crippen molar-refractivity contribution in [1.82, 2.24) is 15.1 Å². The molecule has 1 unspecified atom stereocenters. The second-order valence-corrected chi connectivity index (χ2v) is 6.10. The normalized spacial score (nSPS) is 16.6. The average Bonchev–Trinajstić information content (AvgIpc) is 2.93. The van der Waals surface area contributed by atoms with Gasteiger partial charge in [-0.15, -0.1) is 10.2 Å². The standard InChI is InChI=1S/C13H12ClN3O3S/c1-17(12(18)11-15-16-13(14)21-11)6-8-7-19-9-4-2-3-5-10(9)20-8/h2-5,8H,6-7H2,1H3. The molecule has 0 spiro atoms. The van der Waals surface area contributed by atoms with Gasteiger partial charge in [0.15, 0.2) is 17.6 Å². The molecule has 110 valence electrons. The number of halogens is 1. The first-order valence-corrected chi connectivity index (χ1v) is 7.46. The smallest absolute Gasteiger partial charge is 0.284 e. The van der Waals surface area contributed by atoms with Crippen molar-refractivity contribution in [1.29, 1.82) is 0 Å². The Labute approximate surface area is 130 Å². The van der Waals surface area contributed by atoms with Crippen molar-refractivity contribution in [3.05, 3.63) is 33.7 Å². The third kappa shape index (κ3) is 3.08. The van der Waals surface area contributed by atoms with Crippen molar-refractivity contribution >= 4 is 28.8 Å². The molecule has 1 atom stereocenters. The number of benzene rings is 1. The lowest BCUT2D eigenvalue weighted by Crippen LogP contribution is -2.41. The first-order valence-electron chi connectivity index (χ1n) is 6.26. The lowest BCUT2D eigenvalue weighted by molar-refractivity contribution is 0.0520. The summed E-state index contributed by atoms with van der Waals surface area (Å²) >= 11 is 6.74. The zero-order valence-corrected chi connectivity index (χ0v) is 12.7. The van der Waals surface area contributed by atoms with E-state index in [1.54, 1.807) is 7.05 Å². The Morgan fingerprint density at radius 3 is 2.90 bits per heavy atom. The second kappa shape index (κ2) is 5.87. The van der Waals surface area contributed by atoms with E-state index in [2.05, 4.69) is 10.2 Å². The third-order valence-electron chi connectivity index (χ3n) is 2.98. The summed E-state index contributed by atoms with van der Waals surface area (Å²) in [5.74, 6) is 1.18. The number of likely N-dealkylation sites (N-methyl/N-ethyl adjacent to an activating group) is 1. The Hall–Kier alpha value is -1.86. The van der Waals surface area contributed by atoms with Gasteiger partial charge in [0.05, 0.1) is 6.54 Å². The van der Waals surface area contributed by atoms with Crippen LogP contribution in [0.1, 0.15) is 9.80 Å². The Kier molecular flexibility index (Phi) is 3.94. The topological polar surface area (TPSA) is 64.6 Å². The SMILES string of the molecule is CN(CC1COc2ccccc2O1)C(=O)c1nnc(Cl)s1. The highest BCUT2D eigenvalue weighted by Crippen LogP contribution is 2.31. The average molecular weight is 326 g/mol. The van der Waals surface area contributed by atoms with Gasteiger partial charge in [0.1, 0.15) is 6.61 Å². The molecule has 0 fully saturated rings. The molecule has 1 aromatic carbocycles. The zero-order chi connectivity index (χ0) is 14.8. The lowest BCUT2D eigenvalue weighted by atomic mass is 10.2. The first kappa shape index (κ1) is 14.1. The minimum Gasteiger partial charge on any atom is -0.486 e. The van der Waals surface area contributed by atoms with Crippen molar-refractivity contribution in [3.8, 4) is 11.5 Å². The number of nitrogens with zero attached hydrogens (tertiary/aromatic N) is 3.